The maximum atomic E-state index is 11.3. The monoisotopic (exact) mass is 1460 g/mol. The van der Waals surface area contributed by atoms with Crippen LogP contribution in [0.4, 0.5) is 0 Å². The molecule has 3 saturated heterocycles. The van der Waals surface area contributed by atoms with E-state index in [1.807, 2.05) is 267 Å². The molecule has 19 nitrogen and oxygen atoms in total. The fourth-order valence-corrected chi connectivity index (χ4v) is 13.4. The predicted molar refractivity (Wildman–Crippen MR) is 399 cm³/mol. The molecule has 9 aromatic rings. The first kappa shape index (κ1) is 78.2. The van der Waals surface area contributed by atoms with Gasteiger partial charge in [-0.05, 0) is 81.5 Å². The Balaban J connectivity index is 0.986. The van der Waals surface area contributed by atoms with Crippen molar-refractivity contribution >= 4 is 5.97 Å². The molecule has 0 amide bonds. The van der Waals surface area contributed by atoms with Crippen LogP contribution in [0.5, 0.6) is 5.75 Å². The summed E-state index contributed by atoms with van der Waals surface area (Å²) in [7, 11) is 1.52. The molecule has 12 rings (SSSR count). The Hall–Kier alpha value is -8.39. The number of rotatable bonds is 42. The minimum atomic E-state index is -1.45. The van der Waals surface area contributed by atoms with Crippen LogP contribution in [0.15, 0.2) is 267 Å². The molecule has 0 radical (unpaired) electrons. The van der Waals surface area contributed by atoms with E-state index in [1.54, 1.807) is 0 Å². The minimum absolute atomic E-state index is 0.0106. The molecule has 0 aromatic heterocycles. The highest BCUT2D eigenvalue weighted by atomic mass is 16.8. The van der Waals surface area contributed by atoms with Crippen LogP contribution in [0, 0.1) is 0 Å². The highest BCUT2D eigenvalue weighted by molar-refractivity contribution is 5.66. The average Bonchev–Trinajstić information content (AvgIpc) is 0.763. The highest BCUT2D eigenvalue weighted by Crippen LogP contribution is 2.40. The van der Waals surface area contributed by atoms with Crippen molar-refractivity contribution in [3.05, 3.63) is 317 Å². The molecule has 0 aliphatic carbocycles. The van der Waals surface area contributed by atoms with E-state index in [4.69, 9.17) is 75.8 Å². The van der Waals surface area contributed by atoms with Gasteiger partial charge in [0.25, 0.3) is 0 Å². The molecular weight excluding hydrogens is 1360 g/mol. The molecular formula is C88H98O19. The van der Waals surface area contributed by atoms with E-state index in [-0.39, 0.29) is 79.1 Å². The lowest BCUT2D eigenvalue weighted by Crippen LogP contribution is -2.68. The Kier molecular flexibility index (Phi) is 31.0. The van der Waals surface area contributed by atoms with E-state index in [2.05, 4.69) is 0 Å². The van der Waals surface area contributed by atoms with Gasteiger partial charge in [0.15, 0.2) is 18.9 Å². The van der Waals surface area contributed by atoms with Gasteiger partial charge in [0.2, 0.25) is 0 Å². The first-order valence-electron chi connectivity index (χ1n) is 36.9. The Labute approximate surface area is 627 Å². The lowest BCUT2D eigenvalue weighted by Gasteiger charge is -2.52. The Bertz CT molecular complexity index is 3900. The topological polar surface area (TPSA) is 205 Å². The Morgan fingerprint density at radius 1 is 0.318 bits per heavy atom. The summed E-state index contributed by atoms with van der Waals surface area (Å²) in [6, 6.07) is 86.7. The van der Waals surface area contributed by atoms with Gasteiger partial charge in [-0.1, -0.05) is 255 Å². The molecule has 3 fully saturated rings. The lowest BCUT2D eigenvalue weighted by molar-refractivity contribution is -0.405. The summed E-state index contributed by atoms with van der Waals surface area (Å²) >= 11 is 0. The molecule has 3 heterocycles. The molecule has 0 saturated carbocycles. The molecule has 0 spiro atoms. The number of aliphatic hydroxyl groups excluding tert-OH is 1. The number of aliphatic hydroxyl groups is 1. The molecule has 0 unspecified atom stereocenters. The summed E-state index contributed by atoms with van der Waals surface area (Å²) in [6.45, 7) is 1.26. The van der Waals surface area contributed by atoms with Gasteiger partial charge < -0.3 is 86.0 Å². The number of hydrogen-bond donors (Lipinski definition) is 2. The largest absolute Gasteiger partial charge is 0.494 e. The third-order valence-electron chi connectivity index (χ3n) is 18.9. The summed E-state index contributed by atoms with van der Waals surface area (Å²) in [5.41, 5.74) is 8.02. The third kappa shape index (κ3) is 23.8. The number of ether oxygens (including phenoxy) is 16. The van der Waals surface area contributed by atoms with Crippen LogP contribution in [0.3, 0.4) is 0 Å². The van der Waals surface area contributed by atoms with Crippen molar-refractivity contribution in [1.29, 1.82) is 0 Å². The zero-order chi connectivity index (χ0) is 73.5. The number of benzene rings is 9. The van der Waals surface area contributed by atoms with Crippen LogP contribution in [0.25, 0.3) is 0 Å². The van der Waals surface area contributed by atoms with E-state index in [0.717, 1.165) is 56.5 Å². The second-order valence-corrected chi connectivity index (χ2v) is 26.8. The van der Waals surface area contributed by atoms with Crippen molar-refractivity contribution in [3.8, 4) is 5.75 Å². The van der Waals surface area contributed by atoms with Gasteiger partial charge in [0.1, 0.15) is 79.0 Å². The van der Waals surface area contributed by atoms with Crippen molar-refractivity contribution in [3.63, 3.8) is 0 Å². The number of aliphatic carboxylic acids is 1. The van der Waals surface area contributed by atoms with Gasteiger partial charge in [-0.3, -0.25) is 4.79 Å². The molecule has 9 aromatic carbocycles. The van der Waals surface area contributed by atoms with Crippen molar-refractivity contribution in [2.75, 3.05) is 33.5 Å². The van der Waals surface area contributed by atoms with Gasteiger partial charge in [0.05, 0.1) is 85.9 Å². The molecule has 0 bridgehead atoms. The van der Waals surface area contributed by atoms with E-state index in [1.165, 1.54) is 7.11 Å². The van der Waals surface area contributed by atoms with Crippen LogP contribution in [-0.4, -0.2) is 142 Å². The fraction of sp³-hybridized carbons (Fsp3) is 0.375. The number of carbonyl (C=O) groups is 1. The SMILES string of the molecule is CO[C@H]1O[C@H](CO)[C@@H](OCc2ccccc2)[C@H](OCc2ccccc2)[C@@H]1O[C@H]1O[C@H](COCc2ccccc2)[C@@H](OCc2ccccc2)[C@H](OCc2ccccc2)[C@@H]1O[C@H]1O[C@H](COCc2ccccc2)[C@@H](OCc2ccccc2)[C@H](OCc2ccccc2)[C@@H]1OCc1ccc(OCCCCCC(=O)O)cc1. The van der Waals surface area contributed by atoms with Crippen LogP contribution in [-0.2, 0) is 135 Å². The molecule has 107 heavy (non-hydrogen) atoms. The average molecular weight is 1460 g/mol. The number of hydrogen-bond acceptors (Lipinski definition) is 18. The number of unbranched alkanes of at least 4 members (excludes halogenated alkanes) is 2. The molecule has 564 valence electrons. The maximum Gasteiger partial charge on any atom is 0.303 e. The van der Waals surface area contributed by atoms with E-state index in [9.17, 15) is 15.0 Å². The molecule has 2 N–H and O–H groups in total. The van der Waals surface area contributed by atoms with Gasteiger partial charge >= 0.3 is 5.97 Å². The molecule has 19 heteroatoms. The van der Waals surface area contributed by atoms with E-state index in [0.29, 0.717) is 25.2 Å². The van der Waals surface area contributed by atoms with Crippen molar-refractivity contribution in [2.45, 2.75) is 177 Å². The molecule has 3 aliphatic heterocycles. The maximum absolute atomic E-state index is 11.3. The van der Waals surface area contributed by atoms with Crippen LogP contribution in [0.1, 0.15) is 75.8 Å². The van der Waals surface area contributed by atoms with Crippen molar-refractivity contribution in [2.24, 2.45) is 0 Å². The van der Waals surface area contributed by atoms with Gasteiger partial charge in [-0.15, -0.1) is 0 Å². The van der Waals surface area contributed by atoms with Crippen LogP contribution in [0.2, 0.25) is 0 Å². The summed E-state index contributed by atoms with van der Waals surface area (Å²) in [5, 5.41) is 20.5. The van der Waals surface area contributed by atoms with Crippen LogP contribution < -0.4 is 4.74 Å². The zero-order valence-corrected chi connectivity index (χ0v) is 60.4. The standard InChI is InChI=1S/C88H98O19/c1-92-86-84(81(100-58-69-41-23-8-24-42-69)77(73(51-89)103-86)96-54-65-33-15-4-16-34-65)106-88-85(82(101-59-70-43-25-9-26-44-70)79(98-56-67-37-19-6-20-38-67)75(105-88)62-94-53-64-31-13-3-14-32-64)107-87-83(102-60-71-46-48-72(49-47-71)95-50-28-10-27-45-76(90)91)80(99-57-68-39-21-7-22-40-68)78(97-55-66-35-17-5-18-36-66)74(104-87)61-93-52-63-29-11-2-12-30-63/h2-9,11-26,29-44,46-49,73-75,77-89H,10,27-28,45,50-62H2,1H3,(H,90,91)/t73-,74-,75-,77-,78-,79-,80+,81+,82+,83+,84+,85+,86+,87-,88-/m1/s1. The first-order valence-corrected chi connectivity index (χ1v) is 36.9. The summed E-state index contributed by atoms with van der Waals surface area (Å²) in [4.78, 5) is 11.2. The van der Waals surface area contributed by atoms with Gasteiger partial charge in [-0.25, -0.2) is 0 Å². The zero-order valence-electron chi connectivity index (χ0n) is 60.4. The number of carboxylic acid groups (broad SMARTS) is 1. The number of methoxy groups -OCH3 is 1. The number of carboxylic acids is 1. The summed E-state index contributed by atoms with van der Waals surface area (Å²) in [5.74, 6) is -0.164. The first-order chi connectivity index (χ1) is 52.8. The van der Waals surface area contributed by atoms with Crippen molar-refractivity contribution < 1.29 is 90.8 Å². The second-order valence-electron chi connectivity index (χ2n) is 26.8. The van der Waals surface area contributed by atoms with Crippen LogP contribution >= 0.6 is 0 Å². The third-order valence-corrected chi connectivity index (χ3v) is 18.9. The predicted octanol–water partition coefficient (Wildman–Crippen LogP) is 14.1. The minimum Gasteiger partial charge on any atom is -0.494 e. The van der Waals surface area contributed by atoms with E-state index < -0.39 is 105 Å². The smallest absolute Gasteiger partial charge is 0.303 e. The lowest BCUT2D eigenvalue weighted by atomic mass is 9.95. The Morgan fingerprint density at radius 3 is 0.953 bits per heavy atom. The van der Waals surface area contributed by atoms with E-state index >= 15 is 0 Å². The van der Waals surface area contributed by atoms with Crippen molar-refractivity contribution in [1.82, 2.24) is 0 Å². The Morgan fingerprint density at radius 2 is 0.607 bits per heavy atom. The fourth-order valence-electron chi connectivity index (χ4n) is 13.4. The summed E-state index contributed by atoms with van der Waals surface area (Å²) in [6.07, 6.45) is -14.2. The molecule has 3 aliphatic rings. The second kappa shape index (κ2) is 42.4. The molecule has 15 atom stereocenters. The normalized spacial score (nSPS) is 24.4. The van der Waals surface area contributed by atoms with Gasteiger partial charge in [-0.2, -0.15) is 0 Å². The summed E-state index contributed by atoms with van der Waals surface area (Å²) < 4.78 is 114. The quantitative estimate of drug-likeness (QED) is 0.0341. The highest BCUT2D eigenvalue weighted by Gasteiger charge is 2.57. The van der Waals surface area contributed by atoms with Gasteiger partial charge in [0, 0.05) is 13.5 Å².